The number of carbonyl (C=O) groups excluding carboxylic acids is 2. The maximum Gasteiger partial charge on any atom is 0.338 e. The third kappa shape index (κ3) is 8.15. The predicted octanol–water partition coefficient (Wildman–Crippen LogP) is 6.16. The van der Waals surface area contributed by atoms with Gasteiger partial charge in [0.15, 0.2) is 0 Å². The van der Waals surface area contributed by atoms with Crippen LogP contribution in [0.2, 0.25) is 0 Å². The molecule has 4 nitrogen and oxygen atoms in total. The van der Waals surface area contributed by atoms with Crippen molar-refractivity contribution in [2.24, 2.45) is 0 Å². The Morgan fingerprint density at radius 1 is 0.833 bits per heavy atom. The fraction of sp³-hybridized carbons (Fsp3) is 0.154. The maximum absolute atomic E-state index is 11.5. The summed E-state index contributed by atoms with van der Waals surface area (Å²) in [5, 5.41) is 0. The molecular formula is C26H28O4. The van der Waals surface area contributed by atoms with E-state index < -0.39 is 5.97 Å². The summed E-state index contributed by atoms with van der Waals surface area (Å²) >= 11 is 0. The van der Waals surface area contributed by atoms with Crippen molar-refractivity contribution < 1.29 is 19.1 Å². The van der Waals surface area contributed by atoms with Crippen molar-refractivity contribution in [1.29, 1.82) is 0 Å². The van der Waals surface area contributed by atoms with Gasteiger partial charge >= 0.3 is 11.9 Å². The number of carbonyl (C=O) groups is 2. The Labute approximate surface area is 178 Å². The molecular weight excluding hydrogens is 376 g/mol. The van der Waals surface area contributed by atoms with E-state index in [9.17, 15) is 9.59 Å². The Morgan fingerprint density at radius 2 is 1.33 bits per heavy atom. The molecule has 2 aromatic rings. The molecule has 0 heterocycles. The highest BCUT2D eigenvalue weighted by atomic mass is 16.5. The van der Waals surface area contributed by atoms with E-state index in [1.54, 1.807) is 26.0 Å². The molecule has 0 radical (unpaired) electrons. The minimum atomic E-state index is -0.432. The van der Waals surface area contributed by atoms with Crippen molar-refractivity contribution in [1.82, 2.24) is 0 Å². The predicted molar refractivity (Wildman–Crippen MR) is 123 cm³/mol. The highest BCUT2D eigenvalue weighted by Crippen LogP contribution is 2.23. The highest BCUT2D eigenvalue weighted by Gasteiger charge is 2.05. The van der Waals surface area contributed by atoms with Gasteiger partial charge < -0.3 is 9.47 Å². The number of esters is 2. The van der Waals surface area contributed by atoms with E-state index in [4.69, 9.17) is 9.47 Å². The molecule has 0 amide bonds. The van der Waals surface area contributed by atoms with Crippen molar-refractivity contribution in [3.63, 3.8) is 0 Å². The maximum atomic E-state index is 11.5. The molecule has 0 aliphatic heterocycles. The first-order valence-electron chi connectivity index (χ1n) is 9.44. The van der Waals surface area contributed by atoms with Crippen LogP contribution in [0.1, 0.15) is 25.8 Å². The third-order valence-corrected chi connectivity index (χ3v) is 3.83. The van der Waals surface area contributed by atoms with E-state index in [-0.39, 0.29) is 5.97 Å². The number of hydrogen-bond donors (Lipinski definition) is 0. The number of ether oxygens (including phenoxy) is 2. The second-order valence-corrected chi connectivity index (χ2v) is 6.42. The molecule has 0 fully saturated rings. The van der Waals surface area contributed by atoms with Gasteiger partial charge in [-0.15, -0.1) is 13.2 Å². The average Bonchev–Trinajstić information content (AvgIpc) is 2.75. The molecule has 0 bridgehead atoms. The van der Waals surface area contributed by atoms with E-state index in [0.717, 1.165) is 16.7 Å². The van der Waals surface area contributed by atoms with Gasteiger partial charge in [0.25, 0.3) is 0 Å². The highest BCUT2D eigenvalue weighted by molar-refractivity contribution is 5.88. The molecule has 0 aromatic heterocycles. The van der Waals surface area contributed by atoms with Crippen LogP contribution in [-0.4, -0.2) is 18.5 Å². The van der Waals surface area contributed by atoms with Crippen molar-refractivity contribution in [2.45, 2.75) is 20.3 Å². The van der Waals surface area contributed by atoms with Gasteiger partial charge in [-0.2, -0.15) is 0 Å². The number of benzene rings is 2. The fourth-order valence-corrected chi connectivity index (χ4v) is 2.26. The second kappa shape index (κ2) is 12.7. The summed E-state index contributed by atoms with van der Waals surface area (Å²) in [6.45, 7) is 16.7. The molecule has 0 aliphatic carbocycles. The molecule has 156 valence electrons. The molecule has 0 unspecified atom stereocenters. The Morgan fingerprint density at radius 3 is 1.83 bits per heavy atom. The van der Waals surface area contributed by atoms with Gasteiger partial charge in [0.2, 0.25) is 0 Å². The van der Waals surface area contributed by atoms with Gasteiger partial charge in [-0.25, -0.2) is 9.59 Å². The second-order valence-electron chi connectivity index (χ2n) is 6.42. The molecule has 0 spiro atoms. The minimum absolute atomic E-state index is 0.336. The first kappa shape index (κ1) is 24.4. The van der Waals surface area contributed by atoms with Gasteiger partial charge in [0, 0.05) is 11.1 Å². The average molecular weight is 405 g/mol. The summed E-state index contributed by atoms with van der Waals surface area (Å²) < 4.78 is 10.2. The largest absolute Gasteiger partial charge is 0.462 e. The molecule has 2 rings (SSSR count). The van der Waals surface area contributed by atoms with E-state index in [0.29, 0.717) is 29.9 Å². The monoisotopic (exact) mass is 404 g/mol. The van der Waals surface area contributed by atoms with E-state index in [2.05, 4.69) is 26.3 Å². The zero-order chi connectivity index (χ0) is 22.5. The molecule has 2 aromatic carbocycles. The van der Waals surface area contributed by atoms with Crippen molar-refractivity contribution >= 4 is 18.0 Å². The first-order valence-corrected chi connectivity index (χ1v) is 9.44. The first-order chi connectivity index (χ1) is 14.4. The molecule has 0 saturated heterocycles. The summed E-state index contributed by atoms with van der Waals surface area (Å²) in [4.78, 5) is 22.8. The fourth-order valence-electron chi connectivity index (χ4n) is 2.26. The standard InChI is InChI=1S/C24H24O4.C2H4/c1-17(2)23(25)27-16-6-5-7-19-8-10-20(11-9-19)21-12-14-22(15-13-21)28-24(26)18(3)4;1-2/h5,7-15H,1,3,6,16H2,2,4H3;1-2H2/b7-5+;. The van der Waals surface area contributed by atoms with Crippen molar-refractivity contribution in [3.05, 3.63) is 97.6 Å². The van der Waals surface area contributed by atoms with Crippen molar-refractivity contribution in [3.8, 4) is 16.9 Å². The number of rotatable bonds is 8. The molecule has 30 heavy (non-hydrogen) atoms. The summed E-state index contributed by atoms with van der Waals surface area (Å²) in [5.74, 6) is -0.305. The van der Waals surface area contributed by atoms with Crippen LogP contribution in [0.25, 0.3) is 17.2 Å². The summed E-state index contributed by atoms with van der Waals surface area (Å²) in [6.07, 6.45) is 4.59. The third-order valence-electron chi connectivity index (χ3n) is 3.83. The van der Waals surface area contributed by atoms with E-state index >= 15 is 0 Å². The Bertz CT molecular complexity index is 903. The van der Waals surface area contributed by atoms with Gasteiger partial charge in [-0.3, -0.25) is 0 Å². The van der Waals surface area contributed by atoms with Crippen LogP contribution >= 0.6 is 0 Å². The summed E-state index contributed by atoms with van der Waals surface area (Å²) in [5.41, 5.74) is 3.91. The summed E-state index contributed by atoms with van der Waals surface area (Å²) in [7, 11) is 0. The lowest BCUT2D eigenvalue weighted by molar-refractivity contribution is -0.138. The van der Waals surface area contributed by atoms with Crippen LogP contribution in [0.4, 0.5) is 0 Å². The van der Waals surface area contributed by atoms with E-state index in [1.807, 2.05) is 48.6 Å². The van der Waals surface area contributed by atoms with Crippen LogP contribution in [0, 0.1) is 0 Å². The van der Waals surface area contributed by atoms with Crippen molar-refractivity contribution in [2.75, 3.05) is 6.61 Å². The topological polar surface area (TPSA) is 52.6 Å². The molecule has 4 heteroatoms. The summed E-state index contributed by atoms with van der Waals surface area (Å²) in [6, 6.07) is 15.4. The normalized spacial score (nSPS) is 9.93. The Balaban J connectivity index is 0.00000218. The van der Waals surface area contributed by atoms with Crippen LogP contribution in [0.3, 0.4) is 0 Å². The van der Waals surface area contributed by atoms with Gasteiger partial charge in [0.05, 0.1) is 6.61 Å². The van der Waals surface area contributed by atoms with Gasteiger partial charge in [-0.1, -0.05) is 61.7 Å². The van der Waals surface area contributed by atoms with Gasteiger partial charge in [0.1, 0.15) is 5.75 Å². The Kier molecular flexibility index (Phi) is 10.3. The van der Waals surface area contributed by atoms with Crippen LogP contribution in [0.15, 0.2) is 92.1 Å². The van der Waals surface area contributed by atoms with E-state index in [1.165, 1.54) is 0 Å². The quantitative estimate of drug-likeness (QED) is 0.174. The molecule has 0 atom stereocenters. The molecule has 0 saturated carbocycles. The zero-order valence-corrected chi connectivity index (χ0v) is 17.6. The van der Waals surface area contributed by atoms with Crippen LogP contribution in [-0.2, 0) is 14.3 Å². The molecule has 0 aliphatic rings. The minimum Gasteiger partial charge on any atom is -0.462 e. The molecule has 0 N–H and O–H groups in total. The van der Waals surface area contributed by atoms with Gasteiger partial charge in [-0.05, 0) is 49.1 Å². The SMILES string of the molecule is C=C.C=C(C)C(=O)OCC/C=C/c1ccc(-c2ccc(OC(=O)C(=C)C)cc2)cc1. The van der Waals surface area contributed by atoms with Crippen LogP contribution < -0.4 is 4.74 Å². The smallest absolute Gasteiger partial charge is 0.338 e. The lowest BCUT2D eigenvalue weighted by Crippen LogP contribution is -2.07. The van der Waals surface area contributed by atoms with Crippen LogP contribution in [0.5, 0.6) is 5.75 Å². The number of hydrogen-bond acceptors (Lipinski definition) is 4. The lowest BCUT2D eigenvalue weighted by atomic mass is 10.0. The lowest BCUT2D eigenvalue weighted by Gasteiger charge is -2.06. The zero-order valence-electron chi connectivity index (χ0n) is 17.6. The Hall–Kier alpha value is -3.66.